The van der Waals surface area contributed by atoms with E-state index >= 15 is 0 Å². The molecule has 0 saturated heterocycles. The van der Waals surface area contributed by atoms with E-state index in [1.165, 1.54) is 0 Å². The second-order valence-electron chi connectivity index (χ2n) is 6.41. The maximum atomic E-state index is 11.3. The third-order valence-electron chi connectivity index (χ3n) is 3.45. The summed E-state index contributed by atoms with van der Waals surface area (Å²) < 4.78 is 11.2. The van der Waals surface area contributed by atoms with Crippen LogP contribution >= 0.6 is 0 Å². The Morgan fingerprint density at radius 3 is 2.48 bits per heavy atom. The summed E-state index contributed by atoms with van der Waals surface area (Å²) in [5, 5.41) is 12.5. The smallest absolute Gasteiger partial charge is 0.307 e. The minimum Gasteiger partial charge on any atom is -0.493 e. The molecule has 0 aliphatic rings. The van der Waals surface area contributed by atoms with Gasteiger partial charge in [-0.2, -0.15) is 0 Å². The fraction of sp³-hybridized carbons (Fsp3) is 0.611. The van der Waals surface area contributed by atoms with Crippen molar-refractivity contribution in [2.24, 2.45) is 11.8 Å². The molecule has 0 saturated carbocycles. The highest BCUT2D eigenvalue weighted by Gasteiger charge is 2.19. The minimum absolute atomic E-state index is 0.0396. The predicted octanol–water partition coefficient (Wildman–Crippen LogP) is 3.32. The van der Waals surface area contributed by atoms with Gasteiger partial charge in [0.2, 0.25) is 0 Å². The normalized spacial score (nSPS) is 12.5. The zero-order valence-electron chi connectivity index (χ0n) is 14.8. The molecule has 1 aromatic rings. The lowest BCUT2D eigenvalue weighted by molar-refractivity contribution is -0.142. The molecule has 0 aliphatic heterocycles. The molecule has 1 aromatic carbocycles. The molecule has 5 heteroatoms. The van der Waals surface area contributed by atoms with E-state index in [2.05, 4.69) is 5.32 Å². The van der Waals surface area contributed by atoms with E-state index in [-0.39, 0.29) is 12.0 Å². The Morgan fingerprint density at radius 1 is 1.26 bits per heavy atom. The highest BCUT2D eigenvalue weighted by Crippen LogP contribution is 2.32. The van der Waals surface area contributed by atoms with Crippen LogP contribution in [0.25, 0.3) is 0 Å². The van der Waals surface area contributed by atoms with Crippen molar-refractivity contribution < 1.29 is 19.4 Å². The molecule has 1 unspecified atom stereocenters. The molecule has 0 fully saturated rings. The first-order valence-electron chi connectivity index (χ1n) is 8.11. The topological polar surface area (TPSA) is 67.8 Å². The molecule has 130 valence electrons. The number of carboxylic acids is 1. The number of hydrogen-bond acceptors (Lipinski definition) is 4. The number of carboxylic acid groups (broad SMARTS) is 1. The number of para-hydroxylation sites is 1. The summed E-state index contributed by atoms with van der Waals surface area (Å²) in [5.41, 5.74) is 0.965. The van der Waals surface area contributed by atoms with Crippen LogP contribution in [0.2, 0.25) is 0 Å². The Bertz CT molecular complexity index is 500. The molecule has 0 radical (unpaired) electrons. The average molecular weight is 323 g/mol. The summed E-state index contributed by atoms with van der Waals surface area (Å²) in [4.78, 5) is 11.3. The molecule has 0 spiro atoms. The molecule has 1 rings (SSSR count). The second-order valence-corrected chi connectivity index (χ2v) is 6.41. The fourth-order valence-corrected chi connectivity index (χ4v) is 2.45. The number of hydrogen-bond donors (Lipinski definition) is 2. The van der Waals surface area contributed by atoms with E-state index in [4.69, 9.17) is 9.47 Å². The number of aliphatic carboxylic acids is 1. The number of rotatable bonds is 10. The van der Waals surface area contributed by atoms with Crippen molar-refractivity contribution >= 4 is 5.97 Å². The van der Waals surface area contributed by atoms with Crippen LogP contribution in [0.4, 0.5) is 0 Å². The number of carbonyl (C=O) groups is 1. The number of ether oxygens (including phenoxy) is 2. The zero-order valence-corrected chi connectivity index (χ0v) is 14.8. The van der Waals surface area contributed by atoms with E-state index in [1.807, 2.05) is 45.9 Å². The standard InChI is InChI=1S/C18H29NO4/c1-12(2)9-15(18(20)21)11-19-10-14-7-6-8-16(22-5)17(14)23-13(3)4/h6-8,12-13,15,19H,9-11H2,1-5H3,(H,20,21). The van der Waals surface area contributed by atoms with Gasteiger partial charge < -0.3 is 19.9 Å². The Morgan fingerprint density at radius 2 is 1.96 bits per heavy atom. The fourth-order valence-electron chi connectivity index (χ4n) is 2.45. The third kappa shape index (κ3) is 6.48. The lowest BCUT2D eigenvalue weighted by Gasteiger charge is -2.19. The van der Waals surface area contributed by atoms with Crippen molar-refractivity contribution in [3.63, 3.8) is 0 Å². The monoisotopic (exact) mass is 323 g/mol. The molecular formula is C18H29NO4. The van der Waals surface area contributed by atoms with Gasteiger partial charge in [0.25, 0.3) is 0 Å². The van der Waals surface area contributed by atoms with E-state index in [0.29, 0.717) is 36.9 Å². The van der Waals surface area contributed by atoms with E-state index in [1.54, 1.807) is 7.11 Å². The van der Waals surface area contributed by atoms with Gasteiger partial charge in [0.05, 0.1) is 19.1 Å². The van der Waals surface area contributed by atoms with Gasteiger partial charge in [-0.1, -0.05) is 26.0 Å². The van der Waals surface area contributed by atoms with Crippen LogP contribution in [0.1, 0.15) is 39.7 Å². The van der Waals surface area contributed by atoms with Gasteiger partial charge in [0.15, 0.2) is 11.5 Å². The minimum atomic E-state index is -0.754. The number of benzene rings is 1. The molecule has 0 aromatic heterocycles. The van der Waals surface area contributed by atoms with Crippen molar-refractivity contribution in [2.45, 2.75) is 46.8 Å². The molecule has 23 heavy (non-hydrogen) atoms. The summed E-state index contributed by atoms with van der Waals surface area (Å²) in [6.45, 7) is 8.98. The van der Waals surface area contributed by atoms with Crippen molar-refractivity contribution in [1.82, 2.24) is 5.32 Å². The molecule has 0 bridgehead atoms. The summed E-state index contributed by atoms with van der Waals surface area (Å²) in [6.07, 6.45) is 0.702. The van der Waals surface area contributed by atoms with Crippen molar-refractivity contribution in [3.05, 3.63) is 23.8 Å². The summed E-state index contributed by atoms with van der Waals surface area (Å²) >= 11 is 0. The predicted molar refractivity (Wildman–Crippen MR) is 91.0 cm³/mol. The van der Waals surface area contributed by atoms with Crippen LogP contribution in [0, 0.1) is 11.8 Å². The van der Waals surface area contributed by atoms with E-state index in [9.17, 15) is 9.90 Å². The lowest BCUT2D eigenvalue weighted by Crippen LogP contribution is -2.29. The van der Waals surface area contributed by atoms with Crippen LogP contribution < -0.4 is 14.8 Å². The third-order valence-corrected chi connectivity index (χ3v) is 3.45. The van der Waals surface area contributed by atoms with Crippen molar-refractivity contribution in [2.75, 3.05) is 13.7 Å². The highest BCUT2D eigenvalue weighted by molar-refractivity contribution is 5.70. The van der Waals surface area contributed by atoms with Gasteiger partial charge in [-0.05, 0) is 32.3 Å². The summed E-state index contributed by atoms with van der Waals surface area (Å²) in [6, 6.07) is 5.73. The van der Waals surface area contributed by atoms with Gasteiger partial charge in [-0.3, -0.25) is 4.79 Å². The van der Waals surface area contributed by atoms with Gasteiger partial charge in [-0.15, -0.1) is 0 Å². The first-order valence-corrected chi connectivity index (χ1v) is 8.11. The van der Waals surface area contributed by atoms with Crippen LogP contribution in [-0.2, 0) is 11.3 Å². The Hall–Kier alpha value is -1.75. The van der Waals surface area contributed by atoms with Gasteiger partial charge in [-0.25, -0.2) is 0 Å². The quantitative estimate of drug-likeness (QED) is 0.691. The molecule has 0 aliphatic carbocycles. The van der Waals surface area contributed by atoms with Crippen LogP contribution in [0.15, 0.2) is 18.2 Å². The highest BCUT2D eigenvalue weighted by atomic mass is 16.5. The molecular weight excluding hydrogens is 294 g/mol. The summed E-state index contributed by atoms with van der Waals surface area (Å²) in [5.74, 6) is 0.628. The molecule has 5 nitrogen and oxygen atoms in total. The van der Waals surface area contributed by atoms with Gasteiger partial charge >= 0.3 is 5.97 Å². The van der Waals surface area contributed by atoms with Crippen LogP contribution in [-0.4, -0.2) is 30.8 Å². The molecule has 0 amide bonds. The van der Waals surface area contributed by atoms with Gasteiger partial charge in [0.1, 0.15) is 0 Å². The van der Waals surface area contributed by atoms with Crippen LogP contribution in [0.5, 0.6) is 11.5 Å². The zero-order chi connectivity index (χ0) is 17.4. The average Bonchev–Trinajstić information content (AvgIpc) is 2.46. The Kier molecular flexibility index (Phi) is 7.89. The largest absolute Gasteiger partial charge is 0.493 e. The number of methoxy groups -OCH3 is 1. The Labute approximate surface area is 139 Å². The van der Waals surface area contributed by atoms with Crippen molar-refractivity contribution in [3.8, 4) is 11.5 Å². The van der Waals surface area contributed by atoms with E-state index < -0.39 is 5.97 Å². The number of nitrogens with one attached hydrogen (secondary N) is 1. The maximum Gasteiger partial charge on any atom is 0.307 e. The van der Waals surface area contributed by atoms with E-state index in [0.717, 1.165) is 5.56 Å². The van der Waals surface area contributed by atoms with Gasteiger partial charge in [0, 0.05) is 18.7 Å². The maximum absolute atomic E-state index is 11.3. The lowest BCUT2D eigenvalue weighted by atomic mass is 9.97. The van der Waals surface area contributed by atoms with Crippen molar-refractivity contribution in [1.29, 1.82) is 0 Å². The first kappa shape index (κ1) is 19.3. The van der Waals surface area contributed by atoms with Crippen LogP contribution in [0.3, 0.4) is 0 Å². The summed E-state index contributed by atoms with van der Waals surface area (Å²) in [7, 11) is 1.61. The Balaban J connectivity index is 2.74. The molecule has 0 heterocycles. The SMILES string of the molecule is COc1cccc(CNCC(CC(C)C)C(=O)O)c1OC(C)C. The molecule has 2 N–H and O–H groups in total. The first-order chi connectivity index (χ1) is 10.8. The molecule has 1 atom stereocenters. The second kappa shape index (κ2) is 9.40.